The molecule has 2 rings (SSSR count). The topological polar surface area (TPSA) is 32.3 Å². The quantitative estimate of drug-likeness (QED) is 0.727. The molecule has 2 amide bonds. The third kappa shape index (κ3) is 1.12. The van der Waals surface area contributed by atoms with Crippen molar-refractivity contribution in [2.24, 2.45) is 10.8 Å². The van der Waals surface area contributed by atoms with Gasteiger partial charge in [0.05, 0.1) is 0 Å². The molecule has 2 aliphatic rings. The number of urea groups is 1. The van der Waals surface area contributed by atoms with Crippen molar-refractivity contribution in [3.63, 3.8) is 0 Å². The first-order valence-electron chi connectivity index (χ1n) is 6.02. The van der Waals surface area contributed by atoms with Crippen LogP contribution in [0.4, 0.5) is 4.79 Å². The second kappa shape index (κ2) is 3.02. The largest absolute Gasteiger partial charge is 0.334 e. The molecule has 1 heterocycles. The highest BCUT2D eigenvalue weighted by Gasteiger charge is 2.57. The lowest BCUT2D eigenvalue weighted by molar-refractivity contribution is 0.0647. The highest BCUT2D eigenvalue weighted by molar-refractivity contribution is 5.80. The van der Waals surface area contributed by atoms with E-state index in [2.05, 4.69) is 46.9 Å². The zero-order valence-electron chi connectivity index (χ0n) is 11.1. The number of nitrogens with one attached hydrogen (secondary N) is 1. The van der Waals surface area contributed by atoms with Crippen LogP contribution in [0.5, 0.6) is 0 Å². The van der Waals surface area contributed by atoms with Gasteiger partial charge in [0.25, 0.3) is 0 Å². The number of carbonyl (C=O) groups is 1. The predicted molar refractivity (Wildman–Crippen MR) is 65.0 cm³/mol. The maximum atomic E-state index is 11.9. The molecule has 3 heteroatoms. The summed E-state index contributed by atoms with van der Waals surface area (Å²) < 4.78 is 0. The van der Waals surface area contributed by atoms with E-state index in [4.69, 9.17) is 0 Å². The number of carbonyl (C=O) groups excluding carboxylic acids is 1. The maximum absolute atomic E-state index is 11.9. The van der Waals surface area contributed by atoms with Crippen molar-refractivity contribution in [2.75, 3.05) is 6.54 Å². The van der Waals surface area contributed by atoms with Crippen molar-refractivity contribution < 1.29 is 4.79 Å². The number of nitrogens with zero attached hydrogens (tertiary/aromatic N) is 1. The lowest BCUT2D eigenvalue weighted by Crippen LogP contribution is -2.62. The molecular formula is C13H22N2O. The number of rotatable bonds is 1. The van der Waals surface area contributed by atoms with E-state index in [1.54, 1.807) is 0 Å². The Morgan fingerprint density at radius 2 is 1.75 bits per heavy atom. The molecule has 0 aromatic rings. The van der Waals surface area contributed by atoms with E-state index >= 15 is 0 Å². The molecule has 1 aliphatic heterocycles. The van der Waals surface area contributed by atoms with Crippen molar-refractivity contribution in [1.29, 1.82) is 0 Å². The van der Waals surface area contributed by atoms with Gasteiger partial charge in [-0.15, -0.1) is 0 Å². The van der Waals surface area contributed by atoms with Gasteiger partial charge in [-0.2, -0.15) is 0 Å². The fraction of sp³-hybridized carbons (Fsp3) is 0.769. The van der Waals surface area contributed by atoms with Crippen molar-refractivity contribution in [1.82, 2.24) is 10.2 Å². The molecule has 3 nitrogen and oxygen atoms in total. The van der Waals surface area contributed by atoms with Crippen molar-refractivity contribution in [3.05, 3.63) is 11.3 Å². The van der Waals surface area contributed by atoms with E-state index in [1.165, 1.54) is 11.3 Å². The molecule has 0 unspecified atom stereocenters. The highest BCUT2D eigenvalue weighted by Crippen LogP contribution is 2.61. The monoisotopic (exact) mass is 222 g/mol. The average Bonchev–Trinajstić information content (AvgIpc) is 2.16. The van der Waals surface area contributed by atoms with Gasteiger partial charge in [-0.05, 0) is 24.8 Å². The van der Waals surface area contributed by atoms with Crippen LogP contribution in [0.2, 0.25) is 0 Å². The fourth-order valence-electron chi connectivity index (χ4n) is 2.88. The van der Waals surface area contributed by atoms with Crippen LogP contribution in [0.1, 0.15) is 41.5 Å². The molecule has 0 spiro atoms. The number of hydrogen-bond acceptors (Lipinski definition) is 1. The lowest BCUT2D eigenvalue weighted by Gasteiger charge is -2.60. The summed E-state index contributed by atoms with van der Waals surface area (Å²) in [5, 5.41) is 2.97. The lowest BCUT2D eigenvalue weighted by atomic mass is 9.51. The van der Waals surface area contributed by atoms with Crippen LogP contribution in [0.3, 0.4) is 0 Å². The van der Waals surface area contributed by atoms with Crippen LogP contribution in [0, 0.1) is 10.8 Å². The minimum Gasteiger partial charge on any atom is -0.334 e. The van der Waals surface area contributed by atoms with E-state index in [0.717, 1.165) is 0 Å². The first-order chi connectivity index (χ1) is 7.21. The van der Waals surface area contributed by atoms with E-state index in [-0.39, 0.29) is 22.9 Å². The first-order valence-corrected chi connectivity index (χ1v) is 6.02. The predicted octanol–water partition coefficient (Wildman–Crippen LogP) is 2.74. The summed E-state index contributed by atoms with van der Waals surface area (Å²) in [5.41, 5.74) is 2.91. The Morgan fingerprint density at radius 1 is 1.19 bits per heavy atom. The van der Waals surface area contributed by atoms with Gasteiger partial charge in [0.15, 0.2) is 0 Å². The second-order valence-corrected chi connectivity index (χ2v) is 6.20. The second-order valence-electron chi connectivity index (χ2n) is 6.20. The Labute approximate surface area is 97.9 Å². The molecule has 0 saturated carbocycles. The number of hydrogen-bond donors (Lipinski definition) is 1. The molecule has 0 saturated heterocycles. The molecule has 0 bridgehead atoms. The Hall–Kier alpha value is -0.990. The van der Waals surface area contributed by atoms with Gasteiger partial charge >= 0.3 is 6.03 Å². The van der Waals surface area contributed by atoms with Crippen LogP contribution in [0.25, 0.3) is 0 Å². The van der Waals surface area contributed by atoms with Crippen LogP contribution in [-0.4, -0.2) is 23.5 Å². The van der Waals surface area contributed by atoms with E-state index in [0.29, 0.717) is 6.54 Å². The molecule has 1 aliphatic carbocycles. The molecular weight excluding hydrogens is 200 g/mol. The summed E-state index contributed by atoms with van der Waals surface area (Å²) in [7, 11) is 0. The highest BCUT2D eigenvalue weighted by atomic mass is 16.2. The van der Waals surface area contributed by atoms with Gasteiger partial charge < -0.3 is 5.32 Å². The van der Waals surface area contributed by atoms with Gasteiger partial charge in [0, 0.05) is 23.7 Å². The molecule has 16 heavy (non-hydrogen) atoms. The van der Waals surface area contributed by atoms with Crippen LogP contribution in [-0.2, 0) is 0 Å². The normalized spacial score (nSPS) is 26.4. The summed E-state index contributed by atoms with van der Waals surface area (Å²) in [4.78, 5) is 13.8. The summed E-state index contributed by atoms with van der Waals surface area (Å²) in [6.45, 7) is 13.9. The van der Waals surface area contributed by atoms with E-state index in [9.17, 15) is 4.79 Å². The zero-order valence-corrected chi connectivity index (χ0v) is 11.1. The van der Waals surface area contributed by atoms with E-state index < -0.39 is 0 Å². The fourth-order valence-corrected chi connectivity index (χ4v) is 2.88. The molecule has 1 N–H and O–H groups in total. The average molecular weight is 222 g/mol. The third-order valence-electron chi connectivity index (χ3n) is 4.59. The maximum Gasteiger partial charge on any atom is 0.322 e. The first kappa shape index (κ1) is 11.5. The standard InChI is InChI=1S/C13H22N2O/c1-8(2)15-10-9(7-14-11(15)16)12(3,4)13(10,5)6/h8H,7H2,1-6H3,(H,14,16). The Morgan fingerprint density at radius 3 is 2.25 bits per heavy atom. The molecule has 0 aromatic carbocycles. The smallest absolute Gasteiger partial charge is 0.322 e. The van der Waals surface area contributed by atoms with E-state index in [1.807, 2.05) is 4.90 Å². The Kier molecular flexibility index (Phi) is 2.17. The van der Waals surface area contributed by atoms with Gasteiger partial charge in [0.1, 0.15) is 0 Å². The Balaban J connectivity index is 2.51. The third-order valence-corrected chi connectivity index (χ3v) is 4.59. The van der Waals surface area contributed by atoms with Gasteiger partial charge in [-0.3, -0.25) is 4.90 Å². The van der Waals surface area contributed by atoms with Gasteiger partial charge in [-0.25, -0.2) is 4.79 Å². The summed E-state index contributed by atoms with van der Waals surface area (Å²) in [5.74, 6) is 0. The number of amides is 2. The van der Waals surface area contributed by atoms with Crippen molar-refractivity contribution in [2.45, 2.75) is 47.6 Å². The number of allylic oxidation sites excluding steroid dienone is 1. The molecule has 0 atom stereocenters. The summed E-state index contributed by atoms with van der Waals surface area (Å²) in [6, 6.07) is 0.276. The minimum atomic E-state index is 0.0531. The molecule has 0 aromatic heterocycles. The Bertz CT molecular complexity index is 377. The molecule has 90 valence electrons. The molecule has 0 radical (unpaired) electrons. The summed E-state index contributed by atoms with van der Waals surface area (Å²) in [6.07, 6.45) is 0. The van der Waals surface area contributed by atoms with Crippen molar-refractivity contribution >= 4 is 6.03 Å². The summed E-state index contributed by atoms with van der Waals surface area (Å²) >= 11 is 0. The SMILES string of the molecule is CC(C)N1C(=O)NCC2=C1C(C)(C)C2(C)C. The van der Waals surface area contributed by atoms with Gasteiger partial charge in [0.2, 0.25) is 0 Å². The van der Waals surface area contributed by atoms with Crippen molar-refractivity contribution in [3.8, 4) is 0 Å². The molecule has 0 fully saturated rings. The minimum absolute atomic E-state index is 0.0531. The van der Waals surface area contributed by atoms with Crippen LogP contribution < -0.4 is 5.32 Å². The zero-order chi connectivity index (χ0) is 12.3. The van der Waals surface area contributed by atoms with Crippen LogP contribution >= 0.6 is 0 Å². The van der Waals surface area contributed by atoms with Crippen LogP contribution in [0.15, 0.2) is 11.3 Å². The van der Waals surface area contributed by atoms with Gasteiger partial charge in [-0.1, -0.05) is 27.7 Å².